The van der Waals surface area contributed by atoms with E-state index in [0.29, 0.717) is 16.9 Å². The van der Waals surface area contributed by atoms with Crippen LogP contribution in [0.15, 0.2) is 24.3 Å². The van der Waals surface area contributed by atoms with E-state index in [0.717, 1.165) is 0 Å². The first-order valence-electron chi connectivity index (χ1n) is 4.43. The molecule has 82 valence electrons. The summed E-state index contributed by atoms with van der Waals surface area (Å²) in [5.74, 6) is 0.609. The first-order chi connectivity index (χ1) is 7.59. The minimum absolute atomic E-state index is 0.0180. The molecule has 5 N–H and O–H groups in total. The van der Waals surface area contributed by atoms with Gasteiger partial charge in [-0.25, -0.2) is 0 Å². The maximum Gasteiger partial charge on any atom is 0.269 e. The van der Waals surface area contributed by atoms with Gasteiger partial charge in [0.15, 0.2) is 5.82 Å². The van der Waals surface area contributed by atoms with Crippen LogP contribution in [-0.4, -0.2) is 15.1 Å². The van der Waals surface area contributed by atoms with Crippen molar-refractivity contribution >= 4 is 17.3 Å². The van der Waals surface area contributed by atoms with Crippen LogP contribution in [0.4, 0.5) is 17.3 Å². The van der Waals surface area contributed by atoms with E-state index in [1.807, 2.05) is 0 Å². The van der Waals surface area contributed by atoms with E-state index in [1.165, 1.54) is 12.1 Å². The second kappa shape index (κ2) is 3.54. The fraction of sp³-hybridized carbons (Fsp3) is 0. The molecule has 7 heteroatoms. The molecule has 0 spiro atoms. The summed E-state index contributed by atoms with van der Waals surface area (Å²) in [7, 11) is 0. The Hall–Kier alpha value is -2.57. The summed E-state index contributed by atoms with van der Waals surface area (Å²) in [4.78, 5) is 10.0. The highest BCUT2D eigenvalue weighted by atomic mass is 16.6. The third kappa shape index (κ3) is 1.54. The normalized spacial score (nSPS) is 10.2. The number of aromatic amines is 1. The Bertz CT molecular complexity index is 512. The van der Waals surface area contributed by atoms with Gasteiger partial charge in [0.2, 0.25) is 0 Å². The van der Waals surface area contributed by atoms with Crippen LogP contribution in [0, 0.1) is 10.1 Å². The van der Waals surface area contributed by atoms with E-state index in [9.17, 15) is 10.1 Å². The van der Waals surface area contributed by atoms with Crippen LogP contribution < -0.4 is 11.5 Å². The molecule has 0 saturated carbocycles. The Morgan fingerprint density at radius 1 is 1.25 bits per heavy atom. The van der Waals surface area contributed by atoms with Gasteiger partial charge < -0.3 is 11.5 Å². The van der Waals surface area contributed by atoms with Crippen molar-refractivity contribution in [3.8, 4) is 11.1 Å². The number of nitro benzene ring substituents is 1. The number of nitrogens with one attached hydrogen (secondary N) is 1. The number of benzene rings is 1. The molecule has 1 aromatic heterocycles. The van der Waals surface area contributed by atoms with Crippen molar-refractivity contribution in [2.45, 2.75) is 0 Å². The summed E-state index contributed by atoms with van der Waals surface area (Å²) in [6.07, 6.45) is 0. The molecule has 7 nitrogen and oxygen atoms in total. The number of hydrogen-bond acceptors (Lipinski definition) is 5. The monoisotopic (exact) mass is 219 g/mol. The van der Waals surface area contributed by atoms with Gasteiger partial charge in [-0.15, -0.1) is 0 Å². The largest absolute Gasteiger partial charge is 0.383 e. The predicted octanol–water partition coefficient (Wildman–Crippen LogP) is 1.15. The molecule has 1 heterocycles. The number of aromatic nitrogens is 2. The number of H-pyrrole nitrogens is 1. The highest BCUT2D eigenvalue weighted by Crippen LogP contribution is 2.30. The Morgan fingerprint density at radius 2 is 1.88 bits per heavy atom. The van der Waals surface area contributed by atoms with Crippen molar-refractivity contribution in [1.29, 1.82) is 0 Å². The van der Waals surface area contributed by atoms with Crippen LogP contribution in [0.2, 0.25) is 0 Å². The molecule has 0 amide bonds. The predicted molar refractivity (Wildman–Crippen MR) is 59.5 cm³/mol. The zero-order valence-electron chi connectivity index (χ0n) is 8.18. The summed E-state index contributed by atoms with van der Waals surface area (Å²) in [5, 5.41) is 16.8. The molecular formula is C9H9N5O2. The van der Waals surface area contributed by atoms with Gasteiger partial charge in [-0.3, -0.25) is 15.2 Å². The number of nitrogens with two attached hydrogens (primary N) is 2. The van der Waals surface area contributed by atoms with Gasteiger partial charge in [0.25, 0.3) is 5.69 Å². The van der Waals surface area contributed by atoms with E-state index in [1.54, 1.807) is 12.1 Å². The zero-order chi connectivity index (χ0) is 11.7. The maximum atomic E-state index is 10.5. The number of nitro groups is 1. The third-order valence-electron chi connectivity index (χ3n) is 2.19. The molecule has 0 aliphatic rings. The summed E-state index contributed by atoms with van der Waals surface area (Å²) in [5.41, 5.74) is 12.5. The summed E-state index contributed by atoms with van der Waals surface area (Å²) in [6, 6.07) is 5.94. The lowest BCUT2D eigenvalue weighted by molar-refractivity contribution is -0.384. The SMILES string of the molecule is Nc1n[nH]c(N)c1-c1ccc([N+](=O)[O-])cc1. The van der Waals surface area contributed by atoms with Crippen molar-refractivity contribution in [2.75, 3.05) is 11.5 Å². The molecule has 2 rings (SSSR count). The Kier molecular flexibility index (Phi) is 2.20. The average molecular weight is 219 g/mol. The summed E-state index contributed by atoms with van der Waals surface area (Å²) >= 11 is 0. The molecule has 16 heavy (non-hydrogen) atoms. The third-order valence-corrected chi connectivity index (χ3v) is 2.19. The quantitative estimate of drug-likeness (QED) is 0.516. The number of nitrogen functional groups attached to an aromatic ring is 2. The van der Waals surface area contributed by atoms with Gasteiger partial charge in [-0.2, -0.15) is 5.10 Å². The number of nitrogens with zero attached hydrogens (tertiary/aromatic N) is 2. The van der Waals surface area contributed by atoms with Crippen molar-refractivity contribution in [3.05, 3.63) is 34.4 Å². The van der Waals surface area contributed by atoms with Crippen LogP contribution in [0.3, 0.4) is 0 Å². The Balaban J connectivity index is 2.46. The number of rotatable bonds is 2. The van der Waals surface area contributed by atoms with Crippen LogP contribution in [0.1, 0.15) is 0 Å². The van der Waals surface area contributed by atoms with E-state index in [-0.39, 0.29) is 11.5 Å². The highest BCUT2D eigenvalue weighted by molar-refractivity contribution is 5.83. The average Bonchev–Trinajstić information content (AvgIpc) is 2.59. The molecule has 1 aromatic carbocycles. The van der Waals surface area contributed by atoms with Gasteiger partial charge in [-0.1, -0.05) is 0 Å². The van der Waals surface area contributed by atoms with Crippen LogP contribution in [0.5, 0.6) is 0 Å². The van der Waals surface area contributed by atoms with Crippen molar-refractivity contribution < 1.29 is 4.92 Å². The highest BCUT2D eigenvalue weighted by Gasteiger charge is 2.12. The number of hydrogen-bond donors (Lipinski definition) is 3. The van der Waals surface area contributed by atoms with Gasteiger partial charge in [0.05, 0.1) is 10.5 Å². The van der Waals surface area contributed by atoms with E-state index in [4.69, 9.17) is 11.5 Å². The topological polar surface area (TPSA) is 124 Å². The second-order valence-electron chi connectivity index (χ2n) is 3.20. The molecule has 2 aromatic rings. The lowest BCUT2D eigenvalue weighted by atomic mass is 10.1. The molecule has 0 aliphatic heterocycles. The first kappa shape index (κ1) is 9.97. The maximum absolute atomic E-state index is 10.5. The van der Waals surface area contributed by atoms with Gasteiger partial charge in [-0.05, 0) is 17.7 Å². The minimum Gasteiger partial charge on any atom is -0.383 e. The summed E-state index contributed by atoms with van der Waals surface area (Å²) < 4.78 is 0. The van der Waals surface area contributed by atoms with Crippen LogP contribution in [0.25, 0.3) is 11.1 Å². The first-order valence-corrected chi connectivity index (χ1v) is 4.43. The Morgan fingerprint density at radius 3 is 2.31 bits per heavy atom. The molecule has 0 aliphatic carbocycles. The second-order valence-corrected chi connectivity index (χ2v) is 3.20. The fourth-order valence-corrected chi connectivity index (χ4v) is 1.42. The van der Waals surface area contributed by atoms with Crippen LogP contribution in [-0.2, 0) is 0 Å². The molecule has 0 radical (unpaired) electrons. The lowest BCUT2D eigenvalue weighted by Gasteiger charge is -2.00. The molecule has 0 bridgehead atoms. The molecule has 0 atom stereocenters. The van der Waals surface area contributed by atoms with Gasteiger partial charge in [0, 0.05) is 12.1 Å². The van der Waals surface area contributed by atoms with E-state index >= 15 is 0 Å². The Labute approximate surface area is 90.2 Å². The molecule has 0 unspecified atom stereocenters. The van der Waals surface area contributed by atoms with Crippen molar-refractivity contribution in [1.82, 2.24) is 10.2 Å². The fourth-order valence-electron chi connectivity index (χ4n) is 1.42. The minimum atomic E-state index is -0.466. The van der Waals surface area contributed by atoms with Gasteiger partial charge >= 0.3 is 0 Å². The molecular weight excluding hydrogens is 210 g/mol. The number of anilines is 2. The zero-order valence-corrected chi connectivity index (χ0v) is 8.18. The van der Waals surface area contributed by atoms with E-state index in [2.05, 4.69) is 10.2 Å². The molecule has 0 saturated heterocycles. The standard InChI is InChI=1S/C9H9N5O2/c10-8-7(9(11)13-12-8)5-1-3-6(4-2-5)14(15)16/h1-4H,(H5,10,11,12,13). The smallest absolute Gasteiger partial charge is 0.269 e. The number of non-ortho nitro benzene ring substituents is 1. The van der Waals surface area contributed by atoms with Gasteiger partial charge in [0.1, 0.15) is 5.82 Å². The van der Waals surface area contributed by atoms with Crippen LogP contribution >= 0.6 is 0 Å². The lowest BCUT2D eigenvalue weighted by Crippen LogP contribution is -1.92. The summed E-state index contributed by atoms with van der Waals surface area (Å²) in [6.45, 7) is 0. The molecule has 0 fully saturated rings. The van der Waals surface area contributed by atoms with Crippen molar-refractivity contribution in [3.63, 3.8) is 0 Å². The van der Waals surface area contributed by atoms with Crippen molar-refractivity contribution in [2.24, 2.45) is 0 Å². The van der Waals surface area contributed by atoms with E-state index < -0.39 is 4.92 Å².